The molecule has 1 aromatic heterocycles. The van der Waals surface area contributed by atoms with E-state index < -0.39 is 30.7 Å². The fourth-order valence-electron chi connectivity index (χ4n) is 4.26. The minimum atomic E-state index is -1.13. The Balaban J connectivity index is 1.50. The number of ether oxygens (including phenoxy) is 4. The van der Waals surface area contributed by atoms with Crippen molar-refractivity contribution in [2.24, 2.45) is 0 Å². The Morgan fingerprint density at radius 1 is 1.06 bits per heavy atom. The van der Waals surface area contributed by atoms with Crippen LogP contribution in [0.2, 0.25) is 0 Å². The quantitative estimate of drug-likeness (QED) is 0.437. The molecule has 4 rings (SSSR count). The Kier molecular flexibility index (Phi) is 8.29. The fourth-order valence-corrected chi connectivity index (χ4v) is 4.26. The van der Waals surface area contributed by atoms with Crippen molar-refractivity contribution in [1.82, 2.24) is 4.98 Å². The second-order valence-corrected chi connectivity index (χ2v) is 8.49. The van der Waals surface area contributed by atoms with Gasteiger partial charge in [0.15, 0.2) is 0 Å². The number of amides is 1. The number of methoxy groups -OCH3 is 2. The normalized spacial score (nSPS) is 23.8. The molecule has 1 amide bonds. The van der Waals surface area contributed by atoms with Crippen LogP contribution in [0.5, 0.6) is 5.75 Å². The molecule has 0 saturated carbocycles. The number of aliphatic hydroxyl groups excluding tert-OH is 2. The Bertz CT molecular complexity index is 1170. The summed E-state index contributed by atoms with van der Waals surface area (Å²) in [6.45, 7) is 1.57. The van der Waals surface area contributed by atoms with Gasteiger partial charge in [0.2, 0.25) is 6.29 Å². The Morgan fingerprint density at radius 2 is 1.83 bits per heavy atom. The van der Waals surface area contributed by atoms with Crippen molar-refractivity contribution in [3.8, 4) is 16.9 Å². The third-order valence-electron chi connectivity index (χ3n) is 6.13. The molecule has 0 aliphatic carbocycles. The Hall–Kier alpha value is -3.34. The molecule has 1 fully saturated rings. The highest BCUT2D eigenvalue weighted by atomic mass is 16.7. The first-order valence-electron chi connectivity index (χ1n) is 11.5. The van der Waals surface area contributed by atoms with Gasteiger partial charge in [-0.05, 0) is 60.0 Å². The number of aryl methyl sites for hydroxylation is 1. The zero-order valence-corrected chi connectivity index (χ0v) is 20.3. The number of pyridine rings is 1. The van der Waals surface area contributed by atoms with E-state index in [-0.39, 0.29) is 12.5 Å². The Labute approximate surface area is 209 Å². The van der Waals surface area contributed by atoms with Gasteiger partial charge in [0.05, 0.1) is 18.5 Å². The zero-order chi connectivity index (χ0) is 25.7. The molecular formula is C27H30N2O7. The lowest BCUT2D eigenvalue weighted by Gasteiger charge is -2.42. The molecule has 0 spiro atoms. The minimum absolute atomic E-state index is 0.231. The second kappa shape index (κ2) is 11.6. The topological polar surface area (TPSA) is 119 Å². The summed E-state index contributed by atoms with van der Waals surface area (Å²) in [6, 6.07) is 16.4. The number of aromatic nitrogens is 1. The zero-order valence-electron chi connectivity index (χ0n) is 20.3. The molecule has 2 heterocycles. The van der Waals surface area contributed by atoms with Crippen molar-refractivity contribution in [1.29, 1.82) is 0 Å². The average molecular weight is 495 g/mol. The summed E-state index contributed by atoms with van der Waals surface area (Å²) in [5.41, 5.74) is 3.69. The third kappa shape index (κ3) is 5.56. The van der Waals surface area contributed by atoms with Crippen molar-refractivity contribution >= 4 is 11.6 Å². The summed E-state index contributed by atoms with van der Waals surface area (Å²) >= 11 is 0. The highest BCUT2D eigenvalue weighted by Gasteiger charge is 2.47. The first-order chi connectivity index (χ1) is 17.4. The van der Waals surface area contributed by atoms with Gasteiger partial charge in [-0.2, -0.15) is 0 Å². The molecule has 5 atom stereocenters. The van der Waals surface area contributed by atoms with Crippen molar-refractivity contribution < 1.29 is 34.0 Å². The number of rotatable bonds is 8. The van der Waals surface area contributed by atoms with E-state index in [9.17, 15) is 15.0 Å². The number of aliphatic hydroxyl groups is 2. The lowest BCUT2D eigenvalue weighted by Crippen LogP contribution is -2.61. The van der Waals surface area contributed by atoms with Gasteiger partial charge in [-0.3, -0.25) is 9.78 Å². The Morgan fingerprint density at radius 3 is 2.50 bits per heavy atom. The van der Waals surface area contributed by atoms with Crippen LogP contribution in [0.4, 0.5) is 5.69 Å². The van der Waals surface area contributed by atoms with Gasteiger partial charge in [0.25, 0.3) is 5.91 Å². The van der Waals surface area contributed by atoms with Gasteiger partial charge in [0, 0.05) is 26.0 Å². The predicted molar refractivity (Wildman–Crippen MR) is 133 cm³/mol. The monoisotopic (exact) mass is 494 g/mol. The summed E-state index contributed by atoms with van der Waals surface area (Å²) in [6.07, 6.45) is -1.03. The number of anilines is 1. The molecule has 2 aromatic carbocycles. The largest absolute Gasteiger partial charge is 0.462 e. The van der Waals surface area contributed by atoms with Crippen LogP contribution in [-0.4, -0.2) is 72.6 Å². The first kappa shape index (κ1) is 25.7. The lowest BCUT2D eigenvalue weighted by atomic mass is 9.98. The molecule has 3 aromatic rings. The van der Waals surface area contributed by atoms with E-state index >= 15 is 0 Å². The molecule has 1 aliphatic heterocycles. The standard InChI is InChI=1S/C27H30N2O7/c1-16-12-18(17-6-4-7-19(13-17)26(32)29-20-8-5-11-28-14-20)9-10-21(16)35-27-23(31)25(34-3)24(33-2)22(15-30)36-27/h4-14,22-25,27,30-31H,15H2,1-3H3,(H,29,32). The van der Waals surface area contributed by atoms with E-state index in [2.05, 4.69) is 10.3 Å². The number of benzene rings is 2. The van der Waals surface area contributed by atoms with Crippen LogP contribution >= 0.6 is 0 Å². The number of nitrogens with zero attached hydrogens (tertiary/aromatic N) is 1. The van der Waals surface area contributed by atoms with Crippen molar-refractivity contribution in [2.45, 2.75) is 37.6 Å². The van der Waals surface area contributed by atoms with E-state index in [1.54, 1.807) is 36.7 Å². The van der Waals surface area contributed by atoms with Gasteiger partial charge >= 0.3 is 0 Å². The molecule has 1 saturated heterocycles. The molecule has 1 aliphatic rings. The second-order valence-electron chi connectivity index (χ2n) is 8.49. The average Bonchev–Trinajstić information content (AvgIpc) is 2.91. The van der Waals surface area contributed by atoms with Crippen molar-refractivity contribution in [3.05, 3.63) is 78.1 Å². The number of nitrogens with one attached hydrogen (secondary N) is 1. The number of carbonyl (C=O) groups excluding carboxylic acids is 1. The van der Waals surface area contributed by atoms with Crippen LogP contribution in [0, 0.1) is 6.92 Å². The SMILES string of the molecule is COC1C(CO)OC(Oc2ccc(-c3cccc(C(=O)Nc4cccnc4)c3)cc2C)C(O)C1OC. The molecule has 36 heavy (non-hydrogen) atoms. The molecule has 0 bridgehead atoms. The van der Waals surface area contributed by atoms with Gasteiger partial charge in [0.1, 0.15) is 30.2 Å². The number of carbonyl (C=O) groups is 1. The van der Waals surface area contributed by atoms with E-state index in [0.29, 0.717) is 17.0 Å². The van der Waals surface area contributed by atoms with Gasteiger partial charge in [-0.25, -0.2) is 0 Å². The van der Waals surface area contributed by atoms with Crippen LogP contribution in [0.15, 0.2) is 67.0 Å². The summed E-state index contributed by atoms with van der Waals surface area (Å²) in [5, 5.41) is 23.3. The van der Waals surface area contributed by atoms with E-state index in [4.69, 9.17) is 18.9 Å². The van der Waals surface area contributed by atoms with Crippen LogP contribution in [0.1, 0.15) is 15.9 Å². The maximum Gasteiger partial charge on any atom is 0.255 e. The maximum atomic E-state index is 12.7. The van der Waals surface area contributed by atoms with Crippen LogP contribution in [-0.2, 0) is 14.2 Å². The van der Waals surface area contributed by atoms with E-state index in [0.717, 1.165) is 16.7 Å². The highest BCUT2D eigenvalue weighted by Crippen LogP contribution is 2.31. The molecule has 0 radical (unpaired) electrons. The molecule has 9 heteroatoms. The highest BCUT2D eigenvalue weighted by molar-refractivity contribution is 6.04. The third-order valence-corrected chi connectivity index (χ3v) is 6.13. The number of hydrogen-bond donors (Lipinski definition) is 3. The minimum Gasteiger partial charge on any atom is -0.462 e. The molecular weight excluding hydrogens is 464 g/mol. The van der Waals surface area contributed by atoms with Crippen molar-refractivity contribution in [2.75, 3.05) is 26.1 Å². The lowest BCUT2D eigenvalue weighted by molar-refractivity contribution is -0.286. The smallest absolute Gasteiger partial charge is 0.255 e. The van der Waals surface area contributed by atoms with E-state index in [1.165, 1.54) is 14.2 Å². The van der Waals surface area contributed by atoms with Gasteiger partial charge in [-0.15, -0.1) is 0 Å². The molecule has 9 nitrogen and oxygen atoms in total. The van der Waals surface area contributed by atoms with Crippen LogP contribution < -0.4 is 10.1 Å². The summed E-state index contributed by atoms with van der Waals surface area (Å²) in [4.78, 5) is 16.7. The summed E-state index contributed by atoms with van der Waals surface area (Å²) in [5.74, 6) is 0.279. The predicted octanol–water partition coefficient (Wildman–Crippen LogP) is 2.80. The molecule has 5 unspecified atom stereocenters. The maximum absolute atomic E-state index is 12.7. The van der Waals surface area contributed by atoms with Crippen molar-refractivity contribution in [3.63, 3.8) is 0 Å². The van der Waals surface area contributed by atoms with Crippen LogP contribution in [0.25, 0.3) is 11.1 Å². The molecule has 190 valence electrons. The van der Waals surface area contributed by atoms with Gasteiger partial charge < -0.3 is 34.5 Å². The number of hydrogen-bond acceptors (Lipinski definition) is 8. The van der Waals surface area contributed by atoms with Crippen LogP contribution in [0.3, 0.4) is 0 Å². The molecule has 3 N–H and O–H groups in total. The summed E-state index contributed by atoms with van der Waals surface area (Å²) < 4.78 is 22.5. The van der Waals surface area contributed by atoms with Gasteiger partial charge in [-0.1, -0.05) is 18.2 Å². The first-order valence-corrected chi connectivity index (χ1v) is 11.5. The fraction of sp³-hybridized carbons (Fsp3) is 0.333. The summed E-state index contributed by atoms with van der Waals surface area (Å²) in [7, 11) is 2.93. The van der Waals surface area contributed by atoms with E-state index in [1.807, 2.05) is 37.3 Å².